The SMILES string of the molecule is CCCC/C=C\C/C=C\CCCCCCCCOCC(COP(=O)(O)OCC(N)C(=O)O)OC(=O)CCCCCCCCCC. The summed E-state index contributed by atoms with van der Waals surface area (Å²) in [6, 6.07) is -1.47. The molecule has 11 heteroatoms. The van der Waals surface area contributed by atoms with Gasteiger partial charge in [-0.1, -0.05) is 122 Å². The van der Waals surface area contributed by atoms with E-state index in [9.17, 15) is 19.0 Å². The fraction of sp³-hybridized carbons (Fsp3) is 0.824. The Labute approximate surface area is 273 Å². The van der Waals surface area contributed by atoms with Crippen LogP contribution in [0.3, 0.4) is 0 Å². The quantitative estimate of drug-likeness (QED) is 0.0270. The normalized spacial score (nSPS) is 14.6. The molecule has 0 heterocycles. The molecule has 10 nitrogen and oxygen atoms in total. The lowest BCUT2D eigenvalue weighted by Gasteiger charge is -2.20. The number of aliphatic carboxylic acids is 1. The van der Waals surface area contributed by atoms with Crippen LogP contribution >= 0.6 is 7.82 Å². The third-order valence-electron chi connectivity index (χ3n) is 7.23. The predicted octanol–water partition coefficient (Wildman–Crippen LogP) is 8.41. The topological polar surface area (TPSA) is 155 Å². The van der Waals surface area contributed by atoms with E-state index in [2.05, 4.69) is 42.7 Å². The van der Waals surface area contributed by atoms with E-state index >= 15 is 0 Å². The zero-order valence-corrected chi connectivity index (χ0v) is 29.1. The highest BCUT2D eigenvalue weighted by Gasteiger charge is 2.27. The molecular weight excluding hydrogens is 597 g/mol. The van der Waals surface area contributed by atoms with E-state index in [0.29, 0.717) is 13.0 Å². The Morgan fingerprint density at radius 2 is 1.24 bits per heavy atom. The van der Waals surface area contributed by atoms with Crippen LogP contribution in [0.4, 0.5) is 0 Å². The number of carboxylic acid groups (broad SMARTS) is 1. The Balaban J connectivity index is 4.31. The number of carbonyl (C=O) groups is 2. The average molecular weight is 662 g/mol. The highest BCUT2D eigenvalue weighted by Crippen LogP contribution is 2.43. The van der Waals surface area contributed by atoms with Gasteiger partial charge < -0.3 is 25.2 Å². The first kappa shape index (κ1) is 43.5. The van der Waals surface area contributed by atoms with Gasteiger partial charge in [0.05, 0.1) is 19.8 Å². The summed E-state index contributed by atoms with van der Waals surface area (Å²) in [6.07, 6.45) is 29.6. The van der Waals surface area contributed by atoms with Crippen molar-refractivity contribution in [1.82, 2.24) is 0 Å². The van der Waals surface area contributed by atoms with Gasteiger partial charge in [0.1, 0.15) is 12.1 Å². The van der Waals surface area contributed by atoms with Gasteiger partial charge in [-0.15, -0.1) is 0 Å². The van der Waals surface area contributed by atoms with E-state index in [1.807, 2.05) is 0 Å². The molecule has 0 aromatic rings. The summed E-state index contributed by atoms with van der Waals surface area (Å²) in [7, 11) is -4.60. The molecule has 0 bridgehead atoms. The van der Waals surface area contributed by atoms with Crippen molar-refractivity contribution in [2.24, 2.45) is 5.73 Å². The number of carbonyl (C=O) groups excluding carboxylic acids is 1. The van der Waals surface area contributed by atoms with Crippen LogP contribution in [0.15, 0.2) is 24.3 Å². The van der Waals surface area contributed by atoms with Crippen LogP contribution in [-0.4, -0.2) is 60.5 Å². The van der Waals surface area contributed by atoms with Crippen molar-refractivity contribution in [2.75, 3.05) is 26.4 Å². The number of hydrogen-bond acceptors (Lipinski definition) is 8. The van der Waals surface area contributed by atoms with Gasteiger partial charge in [-0.3, -0.25) is 18.6 Å². The van der Waals surface area contributed by atoms with Gasteiger partial charge in [0.15, 0.2) is 0 Å². The number of rotatable bonds is 33. The molecule has 264 valence electrons. The van der Waals surface area contributed by atoms with Gasteiger partial charge in [0.25, 0.3) is 0 Å². The number of unbranched alkanes of at least 4 members (excludes halogenated alkanes) is 15. The van der Waals surface area contributed by atoms with Gasteiger partial charge in [-0.25, -0.2) is 4.57 Å². The fourth-order valence-corrected chi connectivity index (χ4v) is 5.22. The Bertz CT molecular complexity index is 821. The van der Waals surface area contributed by atoms with Crippen molar-refractivity contribution < 1.29 is 42.7 Å². The van der Waals surface area contributed by atoms with Gasteiger partial charge in [-0.2, -0.15) is 0 Å². The third-order valence-corrected chi connectivity index (χ3v) is 8.18. The first-order chi connectivity index (χ1) is 21.7. The summed E-state index contributed by atoms with van der Waals surface area (Å²) >= 11 is 0. The molecule has 0 fully saturated rings. The molecule has 3 unspecified atom stereocenters. The van der Waals surface area contributed by atoms with Crippen LogP contribution in [0.5, 0.6) is 0 Å². The number of phosphoric ester groups is 1. The second-order valence-electron chi connectivity index (χ2n) is 11.6. The number of nitrogens with two attached hydrogens (primary N) is 1. The van der Waals surface area contributed by atoms with Crippen LogP contribution < -0.4 is 5.73 Å². The van der Waals surface area contributed by atoms with Crippen molar-refractivity contribution in [3.63, 3.8) is 0 Å². The molecule has 0 aliphatic rings. The Morgan fingerprint density at radius 1 is 0.711 bits per heavy atom. The maximum Gasteiger partial charge on any atom is 0.472 e. The second kappa shape index (κ2) is 31.1. The maximum absolute atomic E-state index is 12.4. The zero-order chi connectivity index (χ0) is 33.4. The Morgan fingerprint density at radius 3 is 1.87 bits per heavy atom. The molecule has 0 aromatic heterocycles. The van der Waals surface area contributed by atoms with Crippen LogP contribution in [0.1, 0.15) is 142 Å². The molecule has 3 atom stereocenters. The van der Waals surface area contributed by atoms with Crippen molar-refractivity contribution in [1.29, 1.82) is 0 Å². The summed E-state index contributed by atoms with van der Waals surface area (Å²) in [6.45, 7) is 3.76. The molecule has 0 radical (unpaired) electrons. The number of hydrogen-bond donors (Lipinski definition) is 3. The van der Waals surface area contributed by atoms with E-state index in [0.717, 1.165) is 51.4 Å². The first-order valence-electron chi connectivity index (χ1n) is 17.4. The minimum atomic E-state index is -4.60. The molecule has 0 aromatic carbocycles. The van der Waals surface area contributed by atoms with E-state index in [-0.39, 0.29) is 13.0 Å². The molecule has 0 amide bonds. The molecule has 4 N–H and O–H groups in total. The number of phosphoric acid groups is 1. The number of esters is 1. The highest BCUT2D eigenvalue weighted by molar-refractivity contribution is 7.47. The highest BCUT2D eigenvalue weighted by atomic mass is 31.2. The van der Waals surface area contributed by atoms with Gasteiger partial charge in [-0.05, 0) is 38.5 Å². The van der Waals surface area contributed by atoms with E-state index in [1.165, 1.54) is 64.2 Å². The van der Waals surface area contributed by atoms with E-state index in [4.69, 9.17) is 24.8 Å². The number of ether oxygens (including phenoxy) is 2. The predicted molar refractivity (Wildman–Crippen MR) is 180 cm³/mol. The van der Waals surface area contributed by atoms with Gasteiger partial charge in [0.2, 0.25) is 0 Å². The maximum atomic E-state index is 12.4. The molecule has 0 spiro atoms. The smallest absolute Gasteiger partial charge is 0.472 e. The van der Waals surface area contributed by atoms with Crippen LogP contribution in [0.2, 0.25) is 0 Å². The molecule has 45 heavy (non-hydrogen) atoms. The second-order valence-corrected chi connectivity index (χ2v) is 13.1. The Kier molecular flexibility index (Phi) is 30.0. The lowest BCUT2D eigenvalue weighted by atomic mass is 10.1. The lowest BCUT2D eigenvalue weighted by Crippen LogP contribution is -2.34. The number of allylic oxidation sites excluding steroid dienone is 4. The van der Waals surface area contributed by atoms with Crippen LogP contribution in [0.25, 0.3) is 0 Å². The Hall–Kier alpha value is -1.55. The number of carboxylic acids is 1. The summed E-state index contributed by atoms with van der Waals surface area (Å²) < 4.78 is 33.0. The van der Waals surface area contributed by atoms with E-state index < -0.39 is 45.1 Å². The third kappa shape index (κ3) is 30.8. The molecule has 0 saturated heterocycles. The molecule has 0 aliphatic carbocycles. The zero-order valence-electron chi connectivity index (χ0n) is 28.2. The lowest BCUT2D eigenvalue weighted by molar-refractivity contribution is -0.154. The fourth-order valence-electron chi connectivity index (χ4n) is 4.44. The summed E-state index contributed by atoms with van der Waals surface area (Å²) in [5.74, 6) is -1.79. The molecule has 0 aliphatic heterocycles. The van der Waals surface area contributed by atoms with Crippen LogP contribution in [-0.2, 0) is 32.7 Å². The van der Waals surface area contributed by atoms with Crippen molar-refractivity contribution >= 4 is 19.8 Å². The first-order valence-corrected chi connectivity index (χ1v) is 18.9. The minimum Gasteiger partial charge on any atom is -0.480 e. The summed E-state index contributed by atoms with van der Waals surface area (Å²) in [5, 5.41) is 8.83. The summed E-state index contributed by atoms with van der Waals surface area (Å²) in [4.78, 5) is 33.2. The van der Waals surface area contributed by atoms with Crippen LogP contribution in [0, 0.1) is 0 Å². The molecule has 0 saturated carbocycles. The summed E-state index contributed by atoms with van der Waals surface area (Å²) in [5.41, 5.74) is 5.31. The van der Waals surface area contributed by atoms with E-state index in [1.54, 1.807) is 0 Å². The molecule has 0 rings (SSSR count). The van der Waals surface area contributed by atoms with Crippen molar-refractivity contribution in [2.45, 2.75) is 154 Å². The monoisotopic (exact) mass is 661 g/mol. The van der Waals surface area contributed by atoms with Crippen molar-refractivity contribution in [3.05, 3.63) is 24.3 Å². The van der Waals surface area contributed by atoms with Gasteiger partial charge >= 0.3 is 19.8 Å². The standard InChI is InChI=1S/C34H64NO9P/c1-3-5-7-9-11-13-14-15-16-17-18-19-21-23-25-27-41-28-31(29-42-45(39,40)43-30-32(35)34(37)38)44-33(36)26-24-22-20-12-10-8-6-4-2/h9,11,14-15,31-32H,3-8,10,12-13,16-30,35H2,1-2H3,(H,37,38)(H,39,40)/b11-9-,15-14-. The largest absolute Gasteiger partial charge is 0.480 e. The van der Waals surface area contributed by atoms with Crippen molar-refractivity contribution in [3.8, 4) is 0 Å². The minimum absolute atomic E-state index is 0.0118. The molecular formula is C34H64NO9P. The van der Waals surface area contributed by atoms with Gasteiger partial charge in [0, 0.05) is 13.0 Å². The average Bonchev–Trinajstić information content (AvgIpc) is 3.01.